The van der Waals surface area contributed by atoms with Crippen molar-refractivity contribution in [1.82, 2.24) is 4.98 Å². The van der Waals surface area contributed by atoms with Gasteiger partial charge < -0.3 is 5.11 Å². The highest BCUT2D eigenvalue weighted by Crippen LogP contribution is 2.28. The Morgan fingerprint density at radius 3 is 2.24 bits per heavy atom. The third-order valence-electron chi connectivity index (χ3n) is 3.91. The Morgan fingerprint density at radius 1 is 0.857 bits per heavy atom. The van der Waals surface area contributed by atoms with Crippen molar-refractivity contribution in [3.8, 4) is 0 Å². The molecule has 1 N–H and O–H groups in total. The molecule has 0 aliphatic rings. The highest BCUT2D eigenvalue weighted by Gasteiger charge is 2.14. The minimum Gasteiger partial charge on any atom is -0.384 e. The summed E-state index contributed by atoms with van der Waals surface area (Å²) in [5.41, 5.74) is 3.03. The first-order valence-corrected chi connectivity index (χ1v) is 7.27. The maximum atomic E-state index is 10.7. The van der Waals surface area contributed by atoms with Crippen molar-refractivity contribution in [2.75, 3.05) is 0 Å². The molecule has 0 radical (unpaired) electrons. The van der Waals surface area contributed by atoms with Gasteiger partial charge in [-0.05, 0) is 22.4 Å². The van der Waals surface area contributed by atoms with Gasteiger partial charge in [0.05, 0.1) is 0 Å². The fraction of sp³-hybridized carbons (Fsp3) is 0.211. The van der Waals surface area contributed by atoms with E-state index in [1.807, 2.05) is 42.6 Å². The average Bonchev–Trinajstić information content (AvgIpc) is 2.53. The summed E-state index contributed by atoms with van der Waals surface area (Å²) < 4.78 is 0. The summed E-state index contributed by atoms with van der Waals surface area (Å²) in [7, 11) is 0. The van der Waals surface area contributed by atoms with E-state index in [1.165, 1.54) is 5.56 Å². The summed E-state index contributed by atoms with van der Waals surface area (Å²) in [4.78, 5) is 4.25. The molecule has 2 nitrogen and oxygen atoms in total. The Kier molecular flexibility index (Phi) is 3.72. The Bertz CT molecular complexity index is 742. The van der Waals surface area contributed by atoms with Crippen LogP contribution in [0.2, 0.25) is 0 Å². The lowest BCUT2D eigenvalue weighted by molar-refractivity contribution is 0.221. The first-order valence-electron chi connectivity index (χ1n) is 7.27. The lowest BCUT2D eigenvalue weighted by Crippen LogP contribution is -2.01. The zero-order chi connectivity index (χ0) is 14.8. The Labute approximate surface area is 125 Å². The van der Waals surface area contributed by atoms with Crippen LogP contribution in [0.4, 0.5) is 0 Å². The SMILES string of the molecule is CC(C)c1ccc(C(O)c2cncc3ccccc23)cc1. The van der Waals surface area contributed by atoms with E-state index >= 15 is 0 Å². The summed E-state index contributed by atoms with van der Waals surface area (Å²) in [5.74, 6) is 0.496. The molecule has 2 aromatic carbocycles. The van der Waals surface area contributed by atoms with Crippen molar-refractivity contribution in [2.45, 2.75) is 25.9 Å². The lowest BCUT2D eigenvalue weighted by atomic mass is 9.95. The number of fused-ring (bicyclic) bond motifs is 1. The van der Waals surface area contributed by atoms with Gasteiger partial charge in [-0.2, -0.15) is 0 Å². The normalized spacial score (nSPS) is 12.8. The highest BCUT2D eigenvalue weighted by atomic mass is 16.3. The van der Waals surface area contributed by atoms with E-state index in [1.54, 1.807) is 6.20 Å². The van der Waals surface area contributed by atoms with Gasteiger partial charge in [0.25, 0.3) is 0 Å². The summed E-state index contributed by atoms with van der Waals surface area (Å²) in [6.45, 7) is 4.33. The second-order valence-corrected chi connectivity index (χ2v) is 5.67. The molecule has 3 aromatic rings. The summed E-state index contributed by atoms with van der Waals surface area (Å²) in [6.07, 6.45) is 2.93. The molecule has 0 spiro atoms. The number of benzene rings is 2. The van der Waals surface area contributed by atoms with Crippen LogP contribution >= 0.6 is 0 Å². The molecule has 3 rings (SSSR count). The number of aromatic nitrogens is 1. The number of nitrogens with zero attached hydrogens (tertiary/aromatic N) is 1. The largest absolute Gasteiger partial charge is 0.384 e. The second-order valence-electron chi connectivity index (χ2n) is 5.67. The molecule has 0 saturated carbocycles. The fourth-order valence-corrected chi connectivity index (χ4v) is 2.60. The van der Waals surface area contributed by atoms with Gasteiger partial charge in [0, 0.05) is 23.3 Å². The van der Waals surface area contributed by atoms with Crippen molar-refractivity contribution in [2.24, 2.45) is 0 Å². The molecule has 1 unspecified atom stereocenters. The third-order valence-corrected chi connectivity index (χ3v) is 3.91. The quantitative estimate of drug-likeness (QED) is 0.767. The Balaban J connectivity index is 2.02. The minimum atomic E-state index is -0.648. The van der Waals surface area contributed by atoms with Crippen LogP contribution in [-0.4, -0.2) is 10.1 Å². The van der Waals surface area contributed by atoms with Crippen LogP contribution in [0.15, 0.2) is 60.9 Å². The maximum absolute atomic E-state index is 10.7. The molecule has 0 fully saturated rings. The van der Waals surface area contributed by atoms with Crippen molar-refractivity contribution >= 4 is 10.8 Å². The standard InChI is InChI=1S/C19H19NO/c1-13(2)14-7-9-15(10-8-14)19(21)18-12-20-11-16-5-3-4-6-17(16)18/h3-13,19,21H,1-2H3. The van der Waals surface area contributed by atoms with Crippen molar-refractivity contribution in [3.05, 3.63) is 77.6 Å². The third kappa shape index (κ3) is 2.67. The monoisotopic (exact) mass is 277 g/mol. The van der Waals surface area contributed by atoms with Crippen molar-refractivity contribution in [3.63, 3.8) is 0 Å². The second kappa shape index (κ2) is 5.66. The van der Waals surface area contributed by atoms with Crippen LogP contribution in [0.1, 0.15) is 42.6 Å². The summed E-state index contributed by atoms with van der Waals surface area (Å²) in [5, 5.41) is 12.8. The zero-order valence-corrected chi connectivity index (χ0v) is 12.3. The van der Waals surface area contributed by atoms with Gasteiger partial charge in [0.15, 0.2) is 0 Å². The number of hydrogen-bond acceptors (Lipinski definition) is 2. The molecular formula is C19H19NO. The van der Waals surface area contributed by atoms with Gasteiger partial charge in [-0.25, -0.2) is 0 Å². The fourth-order valence-electron chi connectivity index (χ4n) is 2.60. The predicted molar refractivity (Wildman–Crippen MR) is 86.3 cm³/mol. The highest BCUT2D eigenvalue weighted by molar-refractivity contribution is 5.85. The van der Waals surface area contributed by atoms with E-state index in [0.717, 1.165) is 21.9 Å². The molecule has 2 heteroatoms. The van der Waals surface area contributed by atoms with Crippen LogP contribution < -0.4 is 0 Å². The first kappa shape index (κ1) is 13.8. The molecule has 0 amide bonds. The van der Waals surface area contributed by atoms with Crippen molar-refractivity contribution < 1.29 is 5.11 Å². The molecule has 106 valence electrons. The topological polar surface area (TPSA) is 33.1 Å². The summed E-state index contributed by atoms with van der Waals surface area (Å²) >= 11 is 0. The minimum absolute atomic E-state index is 0.496. The van der Waals surface area contributed by atoms with Gasteiger partial charge in [0.1, 0.15) is 6.10 Å². The molecule has 0 saturated heterocycles. The van der Waals surface area contributed by atoms with E-state index in [-0.39, 0.29) is 0 Å². The maximum Gasteiger partial charge on any atom is 0.106 e. The first-order chi connectivity index (χ1) is 10.2. The number of aliphatic hydroxyl groups excluding tert-OH is 1. The molecule has 0 aliphatic heterocycles. The number of aliphatic hydroxyl groups is 1. The van der Waals surface area contributed by atoms with Gasteiger partial charge in [-0.15, -0.1) is 0 Å². The van der Waals surface area contributed by atoms with E-state index in [9.17, 15) is 5.11 Å². The molecule has 0 aliphatic carbocycles. The molecular weight excluding hydrogens is 258 g/mol. The van der Waals surface area contributed by atoms with Gasteiger partial charge in [0.2, 0.25) is 0 Å². The molecule has 0 bridgehead atoms. The smallest absolute Gasteiger partial charge is 0.106 e. The average molecular weight is 277 g/mol. The van der Waals surface area contributed by atoms with Crippen LogP contribution in [0.3, 0.4) is 0 Å². The van der Waals surface area contributed by atoms with E-state index in [2.05, 4.69) is 31.0 Å². The Morgan fingerprint density at radius 2 is 1.52 bits per heavy atom. The zero-order valence-electron chi connectivity index (χ0n) is 12.3. The number of hydrogen-bond donors (Lipinski definition) is 1. The van der Waals surface area contributed by atoms with Gasteiger partial charge in [-0.3, -0.25) is 4.98 Å². The molecule has 1 atom stereocenters. The van der Waals surface area contributed by atoms with E-state index < -0.39 is 6.10 Å². The Hall–Kier alpha value is -2.19. The van der Waals surface area contributed by atoms with Crippen LogP contribution in [-0.2, 0) is 0 Å². The lowest BCUT2D eigenvalue weighted by Gasteiger charge is -2.15. The molecule has 1 heterocycles. The van der Waals surface area contributed by atoms with Gasteiger partial charge in [-0.1, -0.05) is 62.4 Å². The molecule has 21 heavy (non-hydrogen) atoms. The van der Waals surface area contributed by atoms with Gasteiger partial charge >= 0.3 is 0 Å². The van der Waals surface area contributed by atoms with Crippen LogP contribution in [0.25, 0.3) is 10.8 Å². The molecule has 1 aromatic heterocycles. The summed E-state index contributed by atoms with van der Waals surface area (Å²) in [6, 6.07) is 16.2. The van der Waals surface area contributed by atoms with E-state index in [4.69, 9.17) is 0 Å². The number of rotatable bonds is 3. The van der Waals surface area contributed by atoms with Crippen LogP contribution in [0.5, 0.6) is 0 Å². The predicted octanol–water partition coefficient (Wildman–Crippen LogP) is 4.44. The van der Waals surface area contributed by atoms with Crippen LogP contribution in [0, 0.1) is 0 Å². The van der Waals surface area contributed by atoms with E-state index in [0.29, 0.717) is 5.92 Å². The number of pyridine rings is 1. The van der Waals surface area contributed by atoms with Crippen molar-refractivity contribution in [1.29, 1.82) is 0 Å².